The summed E-state index contributed by atoms with van der Waals surface area (Å²) < 4.78 is 11.6. The Morgan fingerprint density at radius 3 is 2.47 bits per heavy atom. The third-order valence-corrected chi connectivity index (χ3v) is 5.71. The maximum absolute atomic E-state index is 12.1. The molecule has 3 aromatic rings. The predicted octanol–water partition coefficient (Wildman–Crippen LogP) is 5.62. The van der Waals surface area contributed by atoms with E-state index < -0.39 is 0 Å². The summed E-state index contributed by atoms with van der Waals surface area (Å²) in [5.74, 6) is 0.787. The Hall–Kier alpha value is -2.81. The number of amides is 1. The highest BCUT2D eigenvalue weighted by Gasteiger charge is 2.13. The Morgan fingerprint density at radius 1 is 1.09 bits per heavy atom. The number of halogens is 2. The van der Waals surface area contributed by atoms with Gasteiger partial charge in [-0.25, -0.2) is 15.4 Å². The van der Waals surface area contributed by atoms with Crippen LogP contribution in [0, 0.1) is 13.8 Å². The normalized spacial score (nSPS) is 11.0. The molecular formula is C24H24Cl2N4O3S. The van der Waals surface area contributed by atoms with E-state index in [9.17, 15) is 4.79 Å². The van der Waals surface area contributed by atoms with Crippen LogP contribution < -0.4 is 14.9 Å². The number of nitrogens with one attached hydrogen (secondary N) is 1. The van der Waals surface area contributed by atoms with Crippen molar-refractivity contribution in [3.8, 4) is 11.5 Å². The van der Waals surface area contributed by atoms with Crippen LogP contribution in [0.4, 0.5) is 0 Å². The maximum atomic E-state index is 12.1. The molecule has 34 heavy (non-hydrogen) atoms. The molecule has 0 aliphatic rings. The molecule has 0 radical (unpaired) electrons. The van der Waals surface area contributed by atoms with Gasteiger partial charge in [0.1, 0.15) is 6.61 Å². The summed E-state index contributed by atoms with van der Waals surface area (Å²) in [6.07, 6.45) is 1.49. The number of carbonyl (C=O) groups excluding carboxylic acids is 1. The van der Waals surface area contributed by atoms with Gasteiger partial charge in [0, 0.05) is 16.4 Å². The van der Waals surface area contributed by atoms with Crippen LogP contribution in [0.3, 0.4) is 0 Å². The van der Waals surface area contributed by atoms with Crippen molar-refractivity contribution in [2.24, 2.45) is 5.10 Å². The fourth-order valence-corrected chi connectivity index (χ4v) is 4.04. The van der Waals surface area contributed by atoms with Gasteiger partial charge >= 0.3 is 0 Å². The number of rotatable bonds is 10. The summed E-state index contributed by atoms with van der Waals surface area (Å²) in [5, 5.41) is 5.60. The van der Waals surface area contributed by atoms with Crippen LogP contribution in [0.15, 0.2) is 52.7 Å². The van der Waals surface area contributed by atoms with Gasteiger partial charge in [0.05, 0.1) is 23.6 Å². The van der Waals surface area contributed by atoms with Gasteiger partial charge in [0.15, 0.2) is 16.7 Å². The first-order valence-electron chi connectivity index (χ1n) is 10.4. The molecule has 0 spiro atoms. The average Bonchev–Trinajstić information content (AvgIpc) is 2.78. The predicted molar refractivity (Wildman–Crippen MR) is 136 cm³/mol. The zero-order chi connectivity index (χ0) is 24.5. The van der Waals surface area contributed by atoms with Crippen LogP contribution in [0.2, 0.25) is 10.0 Å². The molecule has 1 amide bonds. The Balaban J connectivity index is 1.61. The molecule has 0 fully saturated rings. The van der Waals surface area contributed by atoms with Crippen molar-refractivity contribution in [3.63, 3.8) is 0 Å². The molecule has 0 bridgehead atoms. The van der Waals surface area contributed by atoms with Gasteiger partial charge in [-0.1, -0.05) is 47.1 Å². The van der Waals surface area contributed by atoms with Crippen molar-refractivity contribution >= 4 is 47.1 Å². The summed E-state index contributed by atoms with van der Waals surface area (Å²) in [6.45, 7) is 6.39. The average molecular weight is 519 g/mol. The second kappa shape index (κ2) is 12.6. The van der Waals surface area contributed by atoms with E-state index in [2.05, 4.69) is 20.5 Å². The molecule has 3 rings (SSSR count). The minimum Gasteiger partial charge on any atom is -0.490 e. The van der Waals surface area contributed by atoms with E-state index >= 15 is 0 Å². The standard InChI is InChI=1S/C24H24Cl2N4O3S/c1-4-32-21-11-18(10-20(26)23(21)33-13-17-5-7-19(25)8-6-17)12-27-30-22(31)14-34-24-28-15(2)9-16(3)29-24/h5-12H,4,13-14H2,1-3H3,(H,30,31)/b27-12-. The summed E-state index contributed by atoms with van der Waals surface area (Å²) in [7, 11) is 0. The first-order valence-corrected chi connectivity index (χ1v) is 12.2. The fraction of sp³-hybridized carbons (Fsp3) is 0.250. The van der Waals surface area contributed by atoms with E-state index in [1.165, 1.54) is 18.0 Å². The smallest absolute Gasteiger partial charge is 0.250 e. The van der Waals surface area contributed by atoms with Crippen molar-refractivity contribution in [2.45, 2.75) is 32.5 Å². The molecule has 2 aromatic carbocycles. The van der Waals surface area contributed by atoms with Crippen LogP contribution >= 0.6 is 35.0 Å². The van der Waals surface area contributed by atoms with Crippen LogP contribution in [0.5, 0.6) is 11.5 Å². The van der Waals surface area contributed by atoms with Crippen LogP contribution in [0.1, 0.15) is 29.4 Å². The topological polar surface area (TPSA) is 85.7 Å². The fourth-order valence-electron chi connectivity index (χ4n) is 2.90. The van der Waals surface area contributed by atoms with E-state index in [0.29, 0.717) is 45.5 Å². The molecular weight excluding hydrogens is 495 g/mol. The Bertz CT molecular complexity index is 1150. The quantitative estimate of drug-likeness (QED) is 0.162. The lowest BCUT2D eigenvalue weighted by molar-refractivity contribution is -0.118. The minimum absolute atomic E-state index is 0.142. The first-order chi connectivity index (χ1) is 16.3. The van der Waals surface area contributed by atoms with E-state index in [-0.39, 0.29) is 11.7 Å². The summed E-state index contributed by atoms with van der Waals surface area (Å²) in [5.41, 5.74) is 5.81. The summed E-state index contributed by atoms with van der Waals surface area (Å²) in [4.78, 5) is 20.7. The Morgan fingerprint density at radius 2 is 1.79 bits per heavy atom. The Labute approximate surface area is 212 Å². The Kier molecular flexibility index (Phi) is 9.56. The molecule has 0 atom stereocenters. The summed E-state index contributed by atoms with van der Waals surface area (Å²) in [6, 6.07) is 12.7. The van der Waals surface area contributed by atoms with E-state index in [4.69, 9.17) is 32.7 Å². The van der Waals surface area contributed by atoms with Gasteiger partial charge < -0.3 is 9.47 Å². The third kappa shape index (κ3) is 7.90. The first kappa shape index (κ1) is 25.8. The molecule has 0 saturated heterocycles. The van der Waals surface area contributed by atoms with Gasteiger partial charge in [0.25, 0.3) is 5.91 Å². The molecule has 7 nitrogen and oxygen atoms in total. The largest absolute Gasteiger partial charge is 0.490 e. The number of thioether (sulfide) groups is 1. The second-order valence-electron chi connectivity index (χ2n) is 7.19. The van der Waals surface area contributed by atoms with E-state index in [0.717, 1.165) is 17.0 Å². The second-order valence-corrected chi connectivity index (χ2v) is 8.98. The molecule has 0 unspecified atom stereocenters. The SMILES string of the molecule is CCOc1cc(/C=N\NC(=O)CSc2nc(C)cc(C)n2)cc(Cl)c1OCc1ccc(Cl)cc1. The van der Waals surface area contributed by atoms with Gasteiger partial charge in [-0.2, -0.15) is 5.10 Å². The zero-order valence-corrected chi connectivity index (χ0v) is 21.3. The number of hydrazone groups is 1. The van der Waals surface area contributed by atoms with Gasteiger partial charge in [-0.15, -0.1) is 0 Å². The van der Waals surface area contributed by atoms with Crippen LogP contribution in [-0.4, -0.2) is 34.4 Å². The highest BCUT2D eigenvalue weighted by atomic mass is 35.5. The number of hydrogen-bond acceptors (Lipinski definition) is 7. The lowest BCUT2D eigenvalue weighted by Gasteiger charge is -2.14. The number of carbonyl (C=O) groups is 1. The maximum Gasteiger partial charge on any atom is 0.250 e. The van der Waals surface area contributed by atoms with Gasteiger partial charge in [0.2, 0.25) is 0 Å². The van der Waals surface area contributed by atoms with E-state index in [1.54, 1.807) is 24.3 Å². The van der Waals surface area contributed by atoms with E-state index in [1.807, 2.05) is 39.0 Å². The number of benzene rings is 2. The number of aryl methyl sites for hydroxylation is 2. The summed E-state index contributed by atoms with van der Waals surface area (Å²) >= 11 is 13.6. The number of ether oxygens (including phenoxy) is 2. The van der Waals surface area contributed by atoms with Gasteiger partial charge in [-0.3, -0.25) is 4.79 Å². The molecule has 178 valence electrons. The van der Waals surface area contributed by atoms with Crippen molar-refractivity contribution in [2.75, 3.05) is 12.4 Å². The lowest BCUT2D eigenvalue weighted by Crippen LogP contribution is -2.19. The molecule has 1 heterocycles. The zero-order valence-electron chi connectivity index (χ0n) is 19.0. The number of aromatic nitrogens is 2. The van der Waals surface area contributed by atoms with Crippen molar-refractivity contribution in [3.05, 3.63) is 75.0 Å². The minimum atomic E-state index is -0.275. The number of hydrogen-bond donors (Lipinski definition) is 1. The highest BCUT2D eigenvalue weighted by Crippen LogP contribution is 2.37. The molecule has 1 N–H and O–H groups in total. The van der Waals surface area contributed by atoms with Crippen LogP contribution in [0.25, 0.3) is 0 Å². The van der Waals surface area contributed by atoms with Crippen molar-refractivity contribution in [1.82, 2.24) is 15.4 Å². The molecule has 0 saturated carbocycles. The lowest BCUT2D eigenvalue weighted by atomic mass is 10.2. The van der Waals surface area contributed by atoms with Crippen LogP contribution in [-0.2, 0) is 11.4 Å². The van der Waals surface area contributed by atoms with Gasteiger partial charge in [-0.05, 0) is 62.2 Å². The highest BCUT2D eigenvalue weighted by molar-refractivity contribution is 7.99. The van der Waals surface area contributed by atoms with Crippen molar-refractivity contribution < 1.29 is 14.3 Å². The van der Waals surface area contributed by atoms with Crippen molar-refractivity contribution in [1.29, 1.82) is 0 Å². The molecule has 1 aromatic heterocycles. The monoisotopic (exact) mass is 518 g/mol. The molecule has 0 aliphatic heterocycles. The number of nitrogens with zero attached hydrogens (tertiary/aromatic N) is 3. The molecule has 0 aliphatic carbocycles. The molecule has 10 heteroatoms. The third-order valence-electron chi connectivity index (χ3n) is 4.33.